The highest BCUT2D eigenvalue weighted by Crippen LogP contribution is 2.36. The normalized spacial score (nSPS) is 17.4. The van der Waals surface area contributed by atoms with Crippen LogP contribution in [0.1, 0.15) is 36.5 Å². The molecule has 0 unspecified atom stereocenters. The van der Waals surface area contributed by atoms with Crippen LogP contribution in [0.3, 0.4) is 0 Å². The second kappa shape index (κ2) is 11.8. The topological polar surface area (TPSA) is 104 Å². The molecule has 3 aromatic carbocycles. The fourth-order valence-electron chi connectivity index (χ4n) is 5.12. The number of fused-ring (bicyclic) bond motifs is 2. The minimum atomic E-state index is -1.22. The minimum Gasteiger partial charge on any atom is -0.486 e. The number of carbonyl (C=O) groups is 1. The molecule has 3 N–H and O–H groups in total. The molecular weight excluding hydrogens is 489 g/mol. The maximum atomic E-state index is 14.7. The second-order valence-electron chi connectivity index (χ2n) is 9.79. The first-order chi connectivity index (χ1) is 18.5. The van der Waals surface area contributed by atoms with Crippen molar-refractivity contribution in [3.05, 3.63) is 71.5 Å². The van der Waals surface area contributed by atoms with E-state index in [9.17, 15) is 19.5 Å². The Morgan fingerprint density at radius 3 is 2.61 bits per heavy atom. The van der Waals surface area contributed by atoms with Crippen LogP contribution in [-0.4, -0.2) is 65.7 Å². The molecule has 0 aromatic heterocycles. The molecule has 1 amide bonds. The molecule has 2 aliphatic heterocycles. The smallest absolute Gasteiger partial charge is 0.269 e. The van der Waals surface area contributed by atoms with Crippen LogP contribution in [0, 0.1) is 5.82 Å². The maximum absolute atomic E-state index is 14.7. The lowest BCUT2D eigenvalue weighted by Gasteiger charge is -2.29. The fourth-order valence-corrected chi connectivity index (χ4v) is 5.12. The van der Waals surface area contributed by atoms with Gasteiger partial charge < -0.3 is 30.0 Å². The number of rotatable bonds is 9. The number of ether oxygens (including phenoxy) is 2. The van der Waals surface area contributed by atoms with Gasteiger partial charge in [0.15, 0.2) is 17.3 Å². The number of hydrogen-bond acceptors (Lipinski definition) is 7. The van der Waals surface area contributed by atoms with Crippen molar-refractivity contribution in [2.45, 2.75) is 37.8 Å². The number of benzene rings is 3. The number of amides is 1. The van der Waals surface area contributed by atoms with Crippen molar-refractivity contribution in [3.63, 3.8) is 0 Å². The van der Waals surface area contributed by atoms with Crippen molar-refractivity contribution in [1.82, 2.24) is 10.2 Å². The Bertz CT molecular complexity index is 1320. The number of nitrogens with one attached hydrogen (secondary N) is 1. The monoisotopic (exact) mass is 521 g/mol. The van der Waals surface area contributed by atoms with E-state index in [1.54, 1.807) is 6.07 Å². The number of aliphatic hydroxyl groups excluding tert-OH is 1. The standard InChI is InChI=1S/C29H32FN3O5/c30-23-16-22(17-26-28(23)38-14-13-37-26)27(34)25(18-33-11-3-4-12-33)31-29(35)24(32-36)10-8-19-7-9-20-5-1-2-6-21(20)15-19/h1-2,5-7,9,15-17,25,27,34,36H,3-4,8,10-14,18H2,(H,31,35)/t25-,27-/m1/s1. The highest BCUT2D eigenvalue weighted by molar-refractivity contribution is 6.38. The summed E-state index contributed by atoms with van der Waals surface area (Å²) >= 11 is 0. The molecular formula is C29H32FN3O5. The summed E-state index contributed by atoms with van der Waals surface area (Å²) in [6, 6.07) is 16.1. The largest absolute Gasteiger partial charge is 0.486 e. The number of oxime groups is 1. The molecule has 0 aliphatic carbocycles. The minimum absolute atomic E-state index is 0.0238. The molecule has 5 rings (SSSR count). The predicted molar refractivity (Wildman–Crippen MR) is 141 cm³/mol. The van der Waals surface area contributed by atoms with E-state index in [1.165, 1.54) is 6.07 Å². The summed E-state index contributed by atoms with van der Waals surface area (Å²) in [6.45, 7) is 2.59. The van der Waals surface area contributed by atoms with Crippen LogP contribution in [0.5, 0.6) is 11.5 Å². The fraction of sp³-hybridized carbons (Fsp3) is 0.379. The molecule has 0 spiro atoms. The Balaban J connectivity index is 1.30. The molecule has 200 valence electrons. The van der Waals surface area contributed by atoms with E-state index < -0.39 is 23.9 Å². The molecule has 0 radical (unpaired) electrons. The van der Waals surface area contributed by atoms with Gasteiger partial charge in [-0.05, 0) is 66.4 Å². The molecule has 2 aliphatic rings. The first-order valence-electron chi connectivity index (χ1n) is 13.0. The third-order valence-electron chi connectivity index (χ3n) is 7.16. The molecule has 0 bridgehead atoms. The third kappa shape index (κ3) is 5.89. The van der Waals surface area contributed by atoms with Gasteiger partial charge in [0.05, 0.1) is 6.04 Å². The van der Waals surface area contributed by atoms with Crippen molar-refractivity contribution in [3.8, 4) is 11.5 Å². The number of nitrogens with zero attached hydrogens (tertiary/aromatic N) is 2. The van der Waals surface area contributed by atoms with Gasteiger partial charge in [0, 0.05) is 13.0 Å². The summed E-state index contributed by atoms with van der Waals surface area (Å²) in [5.74, 6) is -0.953. The van der Waals surface area contributed by atoms with Crippen LogP contribution in [-0.2, 0) is 11.2 Å². The van der Waals surface area contributed by atoms with E-state index in [-0.39, 0.29) is 42.4 Å². The number of aliphatic hydroxyl groups is 1. The number of likely N-dealkylation sites (tertiary alicyclic amines) is 1. The summed E-state index contributed by atoms with van der Waals surface area (Å²) in [4.78, 5) is 15.3. The lowest BCUT2D eigenvalue weighted by atomic mass is 9.99. The Hall–Kier alpha value is -3.69. The van der Waals surface area contributed by atoms with E-state index in [1.807, 2.05) is 36.4 Å². The van der Waals surface area contributed by atoms with Gasteiger partial charge >= 0.3 is 0 Å². The summed E-state index contributed by atoms with van der Waals surface area (Å²) in [5, 5.41) is 29.2. The van der Waals surface area contributed by atoms with Gasteiger partial charge in [-0.25, -0.2) is 4.39 Å². The van der Waals surface area contributed by atoms with Crippen LogP contribution >= 0.6 is 0 Å². The van der Waals surface area contributed by atoms with E-state index >= 15 is 0 Å². The lowest BCUT2D eigenvalue weighted by Crippen LogP contribution is -2.48. The van der Waals surface area contributed by atoms with Crippen molar-refractivity contribution < 1.29 is 29.0 Å². The van der Waals surface area contributed by atoms with Crippen molar-refractivity contribution in [2.75, 3.05) is 32.8 Å². The molecule has 38 heavy (non-hydrogen) atoms. The predicted octanol–water partition coefficient (Wildman–Crippen LogP) is 3.83. The summed E-state index contributed by atoms with van der Waals surface area (Å²) in [5.41, 5.74) is 1.25. The highest BCUT2D eigenvalue weighted by atomic mass is 19.1. The molecule has 2 heterocycles. The zero-order valence-corrected chi connectivity index (χ0v) is 21.1. The Kier molecular flexibility index (Phi) is 8.05. The van der Waals surface area contributed by atoms with Gasteiger partial charge in [-0.1, -0.05) is 47.6 Å². The maximum Gasteiger partial charge on any atom is 0.269 e. The number of aryl methyl sites for hydroxylation is 1. The van der Waals surface area contributed by atoms with E-state index in [0.29, 0.717) is 13.0 Å². The van der Waals surface area contributed by atoms with Crippen LogP contribution in [0.4, 0.5) is 4.39 Å². The molecule has 3 aromatic rings. The van der Waals surface area contributed by atoms with Crippen molar-refractivity contribution in [2.24, 2.45) is 5.16 Å². The van der Waals surface area contributed by atoms with Gasteiger partial charge in [-0.2, -0.15) is 0 Å². The van der Waals surface area contributed by atoms with E-state index in [2.05, 4.69) is 21.4 Å². The molecule has 9 heteroatoms. The summed E-state index contributed by atoms with van der Waals surface area (Å²) < 4.78 is 25.6. The quantitative estimate of drug-likeness (QED) is 0.225. The Morgan fingerprint density at radius 2 is 1.82 bits per heavy atom. The molecule has 2 atom stereocenters. The number of halogens is 1. The molecule has 1 saturated heterocycles. The van der Waals surface area contributed by atoms with Crippen LogP contribution < -0.4 is 14.8 Å². The molecule has 1 fully saturated rings. The average molecular weight is 522 g/mol. The third-order valence-corrected chi connectivity index (χ3v) is 7.16. The second-order valence-corrected chi connectivity index (χ2v) is 9.79. The van der Waals surface area contributed by atoms with Gasteiger partial charge in [-0.3, -0.25) is 4.79 Å². The van der Waals surface area contributed by atoms with Crippen LogP contribution in [0.2, 0.25) is 0 Å². The van der Waals surface area contributed by atoms with E-state index in [4.69, 9.17) is 9.47 Å². The lowest BCUT2D eigenvalue weighted by molar-refractivity contribution is -0.116. The van der Waals surface area contributed by atoms with Crippen molar-refractivity contribution in [1.29, 1.82) is 0 Å². The zero-order valence-electron chi connectivity index (χ0n) is 21.1. The van der Waals surface area contributed by atoms with Gasteiger partial charge in [0.25, 0.3) is 5.91 Å². The first kappa shape index (κ1) is 25.9. The summed E-state index contributed by atoms with van der Waals surface area (Å²) in [6.07, 6.45) is 1.57. The first-order valence-corrected chi connectivity index (χ1v) is 13.0. The number of hydrogen-bond donors (Lipinski definition) is 3. The Labute approximate surface area is 220 Å². The summed E-state index contributed by atoms with van der Waals surface area (Å²) in [7, 11) is 0. The van der Waals surface area contributed by atoms with Crippen LogP contribution in [0.15, 0.2) is 59.8 Å². The number of carbonyl (C=O) groups excluding carboxylic acids is 1. The molecule has 8 nitrogen and oxygen atoms in total. The van der Waals surface area contributed by atoms with Crippen molar-refractivity contribution >= 4 is 22.4 Å². The van der Waals surface area contributed by atoms with Crippen LogP contribution in [0.25, 0.3) is 10.8 Å². The SMILES string of the molecule is O=C(N[C@H](CN1CCCC1)[C@H](O)c1cc(F)c2c(c1)OCCO2)C(CCc1ccc2ccccc2c1)=NO. The van der Waals surface area contributed by atoms with E-state index in [0.717, 1.165) is 42.3 Å². The van der Waals surface area contributed by atoms with Gasteiger partial charge in [0.1, 0.15) is 25.0 Å². The van der Waals surface area contributed by atoms with Gasteiger partial charge in [0.2, 0.25) is 0 Å². The Morgan fingerprint density at radius 1 is 1.05 bits per heavy atom. The zero-order chi connectivity index (χ0) is 26.5. The average Bonchev–Trinajstić information content (AvgIpc) is 3.46. The van der Waals surface area contributed by atoms with Gasteiger partial charge in [-0.15, -0.1) is 0 Å². The molecule has 0 saturated carbocycles. The highest BCUT2D eigenvalue weighted by Gasteiger charge is 2.30.